The molecule has 2 heterocycles. The highest BCUT2D eigenvalue weighted by Gasteiger charge is 2.52. The van der Waals surface area contributed by atoms with Gasteiger partial charge in [-0.25, -0.2) is 9.18 Å². The molecule has 1 aromatic rings. The van der Waals surface area contributed by atoms with Crippen LogP contribution in [0.1, 0.15) is 48.5 Å². The SMILES string of the molecule is CC(C)(C)OC(=O)N1CCN(c2ccc(B3OC(C)(C)C(C)(C)O3)c(F)c2)CC1. The molecule has 0 aromatic heterocycles. The number of carbonyl (C=O) groups excluding carboxylic acids is 1. The molecular weight excluding hydrogens is 374 g/mol. The highest BCUT2D eigenvalue weighted by atomic mass is 19.1. The van der Waals surface area contributed by atoms with E-state index in [-0.39, 0.29) is 11.9 Å². The van der Waals surface area contributed by atoms with Crippen molar-refractivity contribution in [2.75, 3.05) is 31.1 Å². The molecule has 29 heavy (non-hydrogen) atoms. The second-order valence-electron chi connectivity index (χ2n) is 9.75. The van der Waals surface area contributed by atoms with Crippen LogP contribution in [0, 0.1) is 5.82 Å². The number of hydrogen-bond donors (Lipinski definition) is 0. The van der Waals surface area contributed by atoms with Crippen molar-refractivity contribution in [2.24, 2.45) is 0 Å². The molecular formula is C21H32BFN2O4. The molecule has 3 rings (SSSR count). The summed E-state index contributed by atoms with van der Waals surface area (Å²) in [6, 6.07) is 5.13. The highest BCUT2D eigenvalue weighted by molar-refractivity contribution is 6.62. The Morgan fingerprint density at radius 3 is 2.10 bits per heavy atom. The van der Waals surface area contributed by atoms with E-state index in [0.29, 0.717) is 31.6 Å². The molecule has 2 aliphatic heterocycles. The maximum atomic E-state index is 14.9. The molecule has 0 atom stereocenters. The Morgan fingerprint density at radius 1 is 1.07 bits per heavy atom. The molecule has 0 saturated carbocycles. The number of rotatable bonds is 2. The van der Waals surface area contributed by atoms with Crippen LogP contribution in [0.5, 0.6) is 0 Å². The average molecular weight is 406 g/mol. The van der Waals surface area contributed by atoms with Crippen molar-refractivity contribution in [1.29, 1.82) is 0 Å². The maximum Gasteiger partial charge on any atom is 0.497 e. The Morgan fingerprint density at radius 2 is 1.62 bits per heavy atom. The fourth-order valence-corrected chi connectivity index (χ4v) is 3.35. The summed E-state index contributed by atoms with van der Waals surface area (Å²) in [5.41, 5.74) is -0.353. The van der Waals surface area contributed by atoms with Crippen molar-refractivity contribution in [3.63, 3.8) is 0 Å². The van der Waals surface area contributed by atoms with Gasteiger partial charge in [0.05, 0.1) is 11.2 Å². The lowest BCUT2D eigenvalue weighted by Gasteiger charge is -2.36. The van der Waals surface area contributed by atoms with E-state index in [0.717, 1.165) is 5.69 Å². The zero-order valence-corrected chi connectivity index (χ0v) is 18.5. The lowest BCUT2D eigenvalue weighted by Crippen LogP contribution is -2.50. The Hall–Kier alpha value is -1.80. The van der Waals surface area contributed by atoms with Crippen LogP contribution in [0.3, 0.4) is 0 Å². The Kier molecular flexibility index (Phi) is 5.64. The predicted octanol–water partition coefficient (Wildman–Crippen LogP) is 3.18. The second-order valence-corrected chi connectivity index (χ2v) is 9.75. The van der Waals surface area contributed by atoms with Crippen LogP contribution < -0.4 is 10.4 Å². The number of carbonyl (C=O) groups is 1. The van der Waals surface area contributed by atoms with Crippen LogP contribution >= 0.6 is 0 Å². The van der Waals surface area contributed by atoms with E-state index in [1.54, 1.807) is 11.0 Å². The van der Waals surface area contributed by atoms with E-state index in [9.17, 15) is 9.18 Å². The zero-order valence-electron chi connectivity index (χ0n) is 18.5. The number of nitrogens with zero attached hydrogens (tertiary/aromatic N) is 2. The minimum atomic E-state index is -0.724. The molecule has 0 bridgehead atoms. The predicted molar refractivity (Wildman–Crippen MR) is 112 cm³/mol. The minimum absolute atomic E-state index is 0.306. The monoisotopic (exact) mass is 406 g/mol. The van der Waals surface area contributed by atoms with E-state index in [2.05, 4.69) is 4.90 Å². The molecule has 0 radical (unpaired) electrons. The largest absolute Gasteiger partial charge is 0.497 e. The quantitative estimate of drug-likeness (QED) is 0.707. The topological polar surface area (TPSA) is 51.2 Å². The number of amides is 1. The number of benzene rings is 1. The Bertz CT molecular complexity index is 754. The van der Waals surface area contributed by atoms with Crippen LogP contribution in [-0.4, -0.2) is 61.1 Å². The van der Waals surface area contributed by atoms with Gasteiger partial charge in [-0.3, -0.25) is 0 Å². The van der Waals surface area contributed by atoms with E-state index >= 15 is 0 Å². The number of halogens is 1. The summed E-state index contributed by atoms with van der Waals surface area (Å²) in [5, 5.41) is 0. The van der Waals surface area contributed by atoms with Gasteiger partial charge in [0, 0.05) is 37.3 Å². The van der Waals surface area contributed by atoms with E-state index in [4.69, 9.17) is 14.0 Å². The summed E-state index contributed by atoms with van der Waals surface area (Å²) in [6.45, 7) is 15.7. The summed E-state index contributed by atoms with van der Waals surface area (Å²) in [5.74, 6) is -0.351. The molecule has 0 unspecified atom stereocenters. The lowest BCUT2D eigenvalue weighted by atomic mass is 9.78. The summed E-state index contributed by atoms with van der Waals surface area (Å²) in [7, 11) is -0.724. The molecule has 8 heteroatoms. The van der Waals surface area contributed by atoms with Gasteiger partial charge in [-0.05, 0) is 60.6 Å². The first-order chi connectivity index (χ1) is 13.3. The van der Waals surface area contributed by atoms with Gasteiger partial charge >= 0.3 is 13.2 Å². The third-order valence-corrected chi connectivity index (χ3v) is 5.79. The molecule has 2 aliphatic rings. The van der Waals surface area contributed by atoms with Gasteiger partial charge in [0.15, 0.2) is 0 Å². The first kappa shape index (κ1) is 21.9. The summed E-state index contributed by atoms with van der Waals surface area (Å²) in [6.07, 6.45) is -0.306. The smallest absolute Gasteiger partial charge is 0.444 e. The Balaban J connectivity index is 1.64. The molecule has 0 spiro atoms. The van der Waals surface area contributed by atoms with Gasteiger partial charge in [-0.1, -0.05) is 6.07 Å². The van der Waals surface area contributed by atoms with E-state index in [1.807, 2.05) is 54.5 Å². The van der Waals surface area contributed by atoms with Gasteiger partial charge in [0.2, 0.25) is 0 Å². The highest BCUT2D eigenvalue weighted by Crippen LogP contribution is 2.36. The third kappa shape index (κ3) is 4.69. The van der Waals surface area contributed by atoms with Crippen LogP contribution in [-0.2, 0) is 14.0 Å². The first-order valence-corrected chi connectivity index (χ1v) is 10.2. The van der Waals surface area contributed by atoms with Crippen LogP contribution in [0.2, 0.25) is 0 Å². The molecule has 1 amide bonds. The summed E-state index contributed by atoms with van der Waals surface area (Å²) < 4.78 is 32.2. The van der Waals surface area contributed by atoms with Crippen LogP contribution in [0.25, 0.3) is 0 Å². The molecule has 0 aliphatic carbocycles. The van der Waals surface area contributed by atoms with Gasteiger partial charge in [0.25, 0.3) is 0 Å². The lowest BCUT2D eigenvalue weighted by molar-refractivity contribution is 0.00578. The summed E-state index contributed by atoms with van der Waals surface area (Å²) in [4.78, 5) is 16.0. The number of anilines is 1. The first-order valence-electron chi connectivity index (χ1n) is 10.2. The van der Waals surface area contributed by atoms with Crippen LogP contribution in [0.15, 0.2) is 18.2 Å². The standard InChI is InChI=1S/C21H32BFN2O4/c1-19(2,3)27-18(26)25-12-10-24(11-13-25)15-8-9-16(17(23)14-15)22-28-20(4,5)21(6,7)29-22/h8-9,14H,10-13H2,1-7H3. The zero-order chi connectivity index (χ0) is 21.6. The molecule has 2 fully saturated rings. The van der Waals surface area contributed by atoms with Crippen molar-refractivity contribution >= 4 is 24.4 Å². The van der Waals surface area contributed by atoms with E-state index in [1.165, 1.54) is 6.07 Å². The summed E-state index contributed by atoms with van der Waals surface area (Å²) >= 11 is 0. The normalized spacial score (nSPS) is 21.4. The molecule has 0 N–H and O–H groups in total. The fourth-order valence-electron chi connectivity index (χ4n) is 3.35. The van der Waals surface area contributed by atoms with Gasteiger partial charge in [-0.2, -0.15) is 0 Å². The fraction of sp³-hybridized carbons (Fsp3) is 0.667. The number of hydrogen-bond acceptors (Lipinski definition) is 5. The Labute approximate surface area is 173 Å². The van der Waals surface area contributed by atoms with Crippen molar-refractivity contribution < 1.29 is 23.2 Å². The minimum Gasteiger partial charge on any atom is -0.444 e. The molecule has 1 aromatic carbocycles. The third-order valence-electron chi connectivity index (χ3n) is 5.79. The van der Waals surface area contributed by atoms with Crippen LogP contribution in [0.4, 0.5) is 14.9 Å². The molecule has 6 nitrogen and oxygen atoms in total. The average Bonchev–Trinajstić information content (AvgIpc) is 2.81. The van der Waals surface area contributed by atoms with Crippen molar-refractivity contribution in [2.45, 2.75) is 65.3 Å². The van der Waals surface area contributed by atoms with Crippen molar-refractivity contribution in [1.82, 2.24) is 4.90 Å². The molecule has 2 saturated heterocycles. The van der Waals surface area contributed by atoms with E-state index < -0.39 is 23.9 Å². The maximum absolute atomic E-state index is 14.9. The number of ether oxygens (including phenoxy) is 1. The second kappa shape index (κ2) is 7.47. The van der Waals surface area contributed by atoms with Gasteiger partial charge in [0.1, 0.15) is 11.4 Å². The van der Waals surface area contributed by atoms with Crippen molar-refractivity contribution in [3.05, 3.63) is 24.0 Å². The van der Waals surface area contributed by atoms with Crippen molar-refractivity contribution in [3.8, 4) is 0 Å². The molecule has 160 valence electrons. The number of piperazine rings is 1. The van der Waals surface area contributed by atoms with Gasteiger partial charge in [-0.15, -0.1) is 0 Å². The van der Waals surface area contributed by atoms with Gasteiger partial charge < -0.3 is 23.8 Å².